The molecular weight excluding hydrogens is 206 g/mol. The fraction of sp³-hybridized carbons (Fsp3) is 0.625. The van der Waals surface area contributed by atoms with Crippen molar-refractivity contribution in [2.75, 3.05) is 5.32 Å². The Morgan fingerprint density at radius 3 is 2.24 bits per heavy atom. The zero-order chi connectivity index (χ0) is 12.3. The molecule has 0 aliphatic heterocycles. The molecule has 1 N–H and O–H groups in total. The normalized spacial score (nSPS) is 19.0. The lowest BCUT2D eigenvalue weighted by Crippen LogP contribution is -2.28. The zero-order valence-corrected chi connectivity index (χ0v) is 11.4. The number of benzene rings is 1. The Hall–Kier alpha value is -0.980. The second kappa shape index (κ2) is 5.57. The first-order valence-corrected chi connectivity index (χ1v) is 7.01. The number of hydrogen-bond donors (Lipinski definition) is 1. The van der Waals surface area contributed by atoms with E-state index in [-0.39, 0.29) is 0 Å². The van der Waals surface area contributed by atoms with Crippen LogP contribution in [0.1, 0.15) is 50.2 Å². The van der Waals surface area contributed by atoms with Crippen LogP contribution < -0.4 is 5.32 Å². The lowest BCUT2D eigenvalue weighted by atomic mass is 9.84. The molecule has 2 rings (SSSR count). The summed E-state index contributed by atoms with van der Waals surface area (Å²) in [6.45, 7) is 6.74. The molecule has 0 radical (unpaired) electrons. The second-order valence-electron chi connectivity index (χ2n) is 5.60. The summed E-state index contributed by atoms with van der Waals surface area (Å²) >= 11 is 0. The SMILES string of the molecule is Cc1cccc(C)c1NC(C)C1CCCCC1. The molecule has 1 unspecified atom stereocenters. The smallest absolute Gasteiger partial charge is 0.0401 e. The summed E-state index contributed by atoms with van der Waals surface area (Å²) in [5.41, 5.74) is 4.09. The maximum atomic E-state index is 3.75. The molecule has 1 aliphatic rings. The number of aryl methyl sites for hydroxylation is 2. The van der Waals surface area contributed by atoms with Crippen molar-refractivity contribution in [3.05, 3.63) is 29.3 Å². The Kier molecular flexibility index (Phi) is 4.09. The minimum Gasteiger partial charge on any atom is -0.382 e. The van der Waals surface area contributed by atoms with Gasteiger partial charge in [0.05, 0.1) is 0 Å². The highest BCUT2D eigenvalue weighted by molar-refractivity contribution is 5.57. The average Bonchev–Trinajstić information content (AvgIpc) is 2.35. The van der Waals surface area contributed by atoms with Gasteiger partial charge >= 0.3 is 0 Å². The fourth-order valence-electron chi connectivity index (χ4n) is 3.02. The highest BCUT2D eigenvalue weighted by Gasteiger charge is 2.20. The van der Waals surface area contributed by atoms with Gasteiger partial charge in [-0.3, -0.25) is 0 Å². The Morgan fingerprint density at radius 2 is 1.65 bits per heavy atom. The maximum Gasteiger partial charge on any atom is 0.0401 e. The van der Waals surface area contributed by atoms with E-state index in [1.54, 1.807) is 0 Å². The Labute approximate surface area is 106 Å². The molecule has 1 nitrogen and oxygen atoms in total. The third-order valence-corrected chi connectivity index (χ3v) is 4.21. The summed E-state index contributed by atoms with van der Waals surface area (Å²) in [6, 6.07) is 7.14. The van der Waals surface area contributed by atoms with E-state index in [0.717, 1.165) is 5.92 Å². The van der Waals surface area contributed by atoms with Crippen LogP contribution in [0, 0.1) is 19.8 Å². The van der Waals surface area contributed by atoms with E-state index in [4.69, 9.17) is 0 Å². The first-order valence-electron chi connectivity index (χ1n) is 7.01. The largest absolute Gasteiger partial charge is 0.382 e. The first-order chi connectivity index (χ1) is 8.18. The van der Waals surface area contributed by atoms with E-state index >= 15 is 0 Å². The predicted octanol–water partition coefficient (Wildman–Crippen LogP) is 4.68. The Morgan fingerprint density at radius 1 is 1.06 bits per heavy atom. The summed E-state index contributed by atoms with van der Waals surface area (Å²) < 4.78 is 0. The number of rotatable bonds is 3. The van der Waals surface area contributed by atoms with Gasteiger partial charge in [-0.1, -0.05) is 37.5 Å². The Balaban J connectivity index is 2.04. The van der Waals surface area contributed by atoms with Crippen LogP contribution in [0.15, 0.2) is 18.2 Å². The van der Waals surface area contributed by atoms with Crippen molar-refractivity contribution in [2.24, 2.45) is 5.92 Å². The number of hydrogen-bond acceptors (Lipinski definition) is 1. The molecule has 1 atom stereocenters. The van der Waals surface area contributed by atoms with Gasteiger partial charge < -0.3 is 5.32 Å². The van der Waals surface area contributed by atoms with Crippen molar-refractivity contribution in [3.63, 3.8) is 0 Å². The van der Waals surface area contributed by atoms with E-state index < -0.39 is 0 Å². The lowest BCUT2D eigenvalue weighted by molar-refractivity contribution is 0.328. The van der Waals surface area contributed by atoms with Gasteiger partial charge in [-0.15, -0.1) is 0 Å². The average molecular weight is 231 g/mol. The van der Waals surface area contributed by atoms with Gasteiger partial charge in [-0.25, -0.2) is 0 Å². The Bertz CT molecular complexity index is 344. The lowest BCUT2D eigenvalue weighted by Gasteiger charge is -2.30. The maximum absolute atomic E-state index is 3.75. The summed E-state index contributed by atoms with van der Waals surface area (Å²) in [6.07, 6.45) is 7.08. The third kappa shape index (κ3) is 3.02. The van der Waals surface area contributed by atoms with Gasteiger partial charge in [0.25, 0.3) is 0 Å². The number of anilines is 1. The quantitative estimate of drug-likeness (QED) is 0.796. The molecule has 0 saturated heterocycles. The zero-order valence-electron chi connectivity index (χ0n) is 11.4. The highest BCUT2D eigenvalue weighted by atomic mass is 14.9. The number of nitrogens with one attached hydrogen (secondary N) is 1. The third-order valence-electron chi connectivity index (χ3n) is 4.21. The molecule has 0 bridgehead atoms. The molecule has 1 aromatic rings. The van der Waals surface area contributed by atoms with Crippen LogP contribution in [0.3, 0.4) is 0 Å². The summed E-state index contributed by atoms with van der Waals surface area (Å²) in [4.78, 5) is 0. The molecule has 0 amide bonds. The molecule has 1 fully saturated rings. The molecular formula is C16H25N. The van der Waals surface area contributed by atoms with Crippen molar-refractivity contribution in [1.29, 1.82) is 0 Å². The number of para-hydroxylation sites is 1. The van der Waals surface area contributed by atoms with Crippen LogP contribution >= 0.6 is 0 Å². The van der Waals surface area contributed by atoms with Crippen molar-refractivity contribution in [3.8, 4) is 0 Å². The molecule has 0 spiro atoms. The molecule has 1 aromatic carbocycles. The first kappa shape index (κ1) is 12.5. The fourth-order valence-corrected chi connectivity index (χ4v) is 3.02. The predicted molar refractivity (Wildman–Crippen MR) is 75.6 cm³/mol. The van der Waals surface area contributed by atoms with Crippen molar-refractivity contribution >= 4 is 5.69 Å². The van der Waals surface area contributed by atoms with Crippen LogP contribution in [-0.4, -0.2) is 6.04 Å². The molecule has 1 saturated carbocycles. The highest BCUT2D eigenvalue weighted by Crippen LogP contribution is 2.29. The minimum absolute atomic E-state index is 0.607. The summed E-state index contributed by atoms with van der Waals surface area (Å²) in [7, 11) is 0. The van der Waals surface area contributed by atoms with E-state index in [1.165, 1.54) is 48.9 Å². The molecule has 0 aromatic heterocycles. The molecule has 17 heavy (non-hydrogen) atoms. The van der Waals surface area contributed by atoms with E-state index in [2.05, 4.69) is 44.3 Å². The standard InChI is InChI=1S/C16H25N/c1-12-8-7-9-13(2)16(12)17-14(3)15-10-5-4-6-11-15/h7-9,14-15,17H,4-6,10-11H2,1-3H3. The molecule has 94 valence electrons. The molecule has 1 aliphatic carbocycles. The van der Waals surface area contributed by atoms with Crippen molar-refractivity contribution in [1.82, 2.24) is 0 Å². The van der Waals surface area contributed by atoms with Crippen LogP contribution in [-0.2, 0) is 0 Å². The van der Waals surface area contributed by atoms with Gasteiger partial charge in [0.2, 0.25) is 0 Å². The van der Waals surface area contributed by atoms with Crippen molar-refractivity contribution in [2.45, 2.75) is 58.9 Å². The minimum atomic E-state index is 0.607. The van der Waals surface area contributed by atoms with Gasteiger partial charge in [0, 0.05) is 11.7 Å². The van der Waals surface area contributed by atoms with Crippen LogP contribution in [0.25, 0.3) is 0 Å². The topological polar surface area (TPSA) is 12.0 Å². The van der Waals surface area contributed by atoms with E-state index in [1.807, 2.05) is 0 Å². The molecule has 0 heterocycles. The van der Waals surface area contributed by atoms with Crippen molar-refractivity contribution < 1.29 is 0 Å². The van der Waals surface area contributed by atoms with Gasteiger partial charge in [-0.05, 0) is 50.7 Å². The van der Waals surface area contributed by atoms with Crippen LogP contribution in [0.5, 0.6) is 0 Å². The summed E-state index contributed by atoms with van der Waals surface area (Å²) in [5.74, 6) is 0.864. The molecule has 1 heteroatoms. The van der Waals surface area contributed by atoms with E-state index in [9.17, 15) is 0 Å². The van der Waals surface area contributed by atoms with Gasteiger partial charge in [0.15, 0.2) is 0 Å². The van der Waals surface area contributed by atoms with Gasteiger partial charge in [-0.2, -0.15) is 0 Å². The van der Waals surface area contributed by atoms with Crippen LogP contribution in [0.2, 0.25) is 0 Å². The summed E-state index contributed by atoms with van der Waals surface area (Å²) in [5, 5.41) is 3.75. The van der Waals surface area contributed by atoms with E-state index in [0.29, 0.717) is 6.04 Å². The van der Waals surface area contributed by atoms with Crippen LogP contribution in [0.4, 0.5) is 5.69 Å². The monoisotopic (exact) mass is 231 g/mol. The second-order valence-corrected chi connectivity index (χ2v) is 5.60. The van der Waals surface area contributed by atoms with Gasteiger partial charge in [0.1, 0.15) is 0 Å².